The van der Waals surface area contributed by atoms with Gasteiger partial charge in [-0.1, -0.05) is 18.9 Å². The molecule has 0 amide bonds. The average Bonchev–Trinajstić information content (AvgIpc) is 3.47. The highest BCUT2D eigenvalue weighted by molar-refractivity contribution is 6.03. The molecule has 4 aromatic rings. The highest BCUT2D eigenvalue weighted by Gasteiger charge is 2.67. The number of likely N-dealkylation sites (N-methyl/N-ethyl adjacent to an activating group) is 2. The number of aromatic nitrogens is 3. The van der Waals surface area contributed by atoms with Crippen LogP contribution in [0.1, 0.15) is 25.3 Å². The monoisotopic (exact) mass is 624 g/mol. The van der Waals surface area contributed by atoms with Crippen molar-refractivity contribution in [2.75, 3.05) is 65.9 Å². The molecule has 0 bridgehead atoms. The Morgan fingerprint density at radius 1 is 1.11 bits per heavy atom. The molecule has 1 aliphatic carbocycles. The molecule has 1 aliphatic heterocycles. The van der Waals surface area contributed by atoms with Crippen molar-refractivity contribution in [3.8, 4) is 35.4 Å². The summed E-state index contributed by atoms with van der Waals surface area (Å²) in [7, 11) is 7.27. The number of ether oxygens (including phenoxy) is 1. The van der Waals surface area contributed by atoms with E-state index in [-0.39, 0.29) is 40.5 Å². The second-order valence-electron chi connectivity index (χ2n) is 12.2. The summed E-state index contributed by atoms with van der Waals surface area (Å²) < 4.78 is 61.1. The summed E-state index contributed by atoms with van der Waals surface area (Å²) in [5.41, 5.74) is -0.679. The Labute approximate surface area is 259 Å². The van der Waals surface area contributed by atoms with Gasteiger partial charge in [0.05, 0.1) is 18.1 Å². The first-order valence-electron chi connectivity index (χ1n) is 14.6. The number of aromatic hydroxyl groups is 1. The van der Waals surface area contributed by atoms with Crippen LogP contribution in [0.4, 0.5) is 23.4 Å². The molecule has 238 valence electrons. The maximum Gasteiger partial charge on any atom is 0.316 e. The molecule has 2 aliphatic rings. The number of methoxy groups -OCH3 is 1. The van der Waals surface area contributed by atoms with E-state index in [4.69, 9.17) is 11.2 Å². The topological polar surface area (TPSA) is 77.8 Å². The fourth-order valence-electron chi connectivity index (χ4n) is 5.49. The molecule has 12 heteroatoms. The molecule has 1 saturated carbocycles. The second-order valence-corrected chi connectivity index (χ2v) is 12.2. The molecular formula is C33H36F4N6O2. The van der Waals surface area contributed by atoms with Crippen molar-refractivity contribution < 1.29 is 27.4 Å². The van der Waals surface area contributed by atoms with Gasteiger partial charge >= 0.3 is 6.01 Å². The fourth-order valence-corrected chi connectivity index (χ4v) is 5.49. The van der Waals surface area contributed by atoms with E-state index >= 15 is 4.39 Å². The highest BCUT2D eigenvalue weighted by Crippen LogP contribution is 2.60. The van der Waals surface area contributed by atoms with E-state index in [0.29, 0.717) is 28.5 Å². The molecule has 1 atom stereocenters. The molecule has 0 spiro atoms. The van der Waals surface area contributed by atoms with Gasteiger partial charge in [-0.25, -0.2) is 27.5 Å². The van der Waals surface area contributed by atoms with Crippen LogP contribution in [0.3, 0.4) is 0 Å². The first-order valence-corrected chi connectivity index (χ1v) is 14.6. The minimum absolute atomic E-state index is 0.00855. The largest absolute Gasteiger partial charge is 0.508 e. The summed E-state index contributed by atoms with van der Waals surface area (Å²) in [6.07, 6.45) is 8.07. The number of phenols is 1. The van der Waals surface area contributed by atoms with E-state index in [1.165, 1.54) is 37.6 Å². The number of rotatable bonds is 8. The molecule has 8 nitrogen and oxygen atoms in total. The van der Waals surface area contributed by atoms with Crippen LogP contribution >= 0.6 is 0 Å². The third-order valence-corrected chi connectivity index (χ3v) is 8.35. The molecule has 45 heavy (non-hydrogen) atoms. The van der Waals surface area contributed by atoms with Crippen LogP contribution in [0.25, 0.3) is 32.9 Å². The van der Waals surface area contributed by atoms with Crippen molar-refractivity contribution in [3.63, 3.8) is 0 Å². The van der Waals surface area contributed by atoms with Crippen LogP contribution in [0.15, 0.2) is 30.5 Å². The zero-order valence-corrected chi connectivity index (χ0v) is 26.0. The van der Waals surface area contributed by atoms with Crippen molar-refractivity contribution >= 4 is 27.5 Å². The van der Waals surface area contributed by atoms with Gasteiger partial charge < -0.3 is 24.5 Å². The van der Waals surface area contributed by atoms with E-state index in [2.05, 4.69) is 25.8 Å². The number of hydrogen-bond donors (Lipinski definition) is 1. The van der Waals surface area contributed by atoms with Crippen LogP contribution in [-0.4, -0.2) is 96.8 Å². The number of benzene rings is 2. The van der Waals surface area contributed by atoms with Crippen molar-refractivity contribution in [2.45, 2.75) is 25.7 Å². The summed E-state index contributed by atoms with van der Waals surface area (Å²) in [6, 6.07) is 5.48. The highest BCUT2D eigenvalue weighted by atomic mass is 19.3. The van der Waals surface area contributed by atoms with Gasteiger partial charge in [0, 0.05) is 61.7 Å². The van der Waals surface area contributed by atoms with Crippen molar-refractivity contribution in [3.05, 3.63) is 47.7 Å². The van der Waals surface area contributed by atoms with E-state index in [9.17, 15) is 18.3 Å². The Morgan fingerprint density at radius 2 is 1.82 bits per heavy atom. The SMILES string of the molecule is C#Cc1c(F)ccc2cc(O)cc(-c3nc(N4CCC4)c4cnc(OC)nc4c3F)c12.CN(C)CCN(C)CC1(C)CC1(F)F. The number of alkyl halides is 2. The van der Waals surface area contributed by atoms with E-state index in [1.54, 1.807) is 6.92 Å². The summed E-state index contributed by atoms with van der Waals surface area (Å²) in [5, 5.41) is 11.5. The number of nitrogens with zero attached hydrogens (tertiary/aromatic N) is 6. The summed E-state index contributed by atoms with van der Waals surface area (Å²) in [6.45, 7) is 5.43. The lowest BCUT2D eigenvalue weighted by atomic mass is 9.95. The van der Waals surface area contributed by atoms with Gasteiger partial charge in [0.1, 0.15) is 28.6 Å². The predicted octanol–water partition coefficient (Wildman–Crippen LogP) is 5.55. The van der Waals surface area contributed by atoms with Gasteiger partial charge in [0.15, 0.2) is 5.82 Å². The number of fused-ring (bicyclic) bond motifs is 2. The van der Waals surface area contributed by atoms with Crippen molar-refractivity contribution in [1.29, 1.82) is 0 Å². The van der Waals surface area contributed by atoms with Gasteiger partial charge in [-0.15, -0.1) is 6.42 Å². The Hall–Kier alpha value is -4.21. The maximum absolute atomic E-state index is 15.8. The molecule has 1 saturated heterocycles. The molecule has 6 rings (SSSR count). The predicted molar refractivity (Wildman–Crippen MR) is 167 cm³/mol. The zero-order valence-electron chi connectivity index (χ0n) is 26.0. The fraction of sp³-hybridized carbons (Fsp3) is 0.424. The number of anilines is 1. The number of pyridine rings is 1. The van der Waals surface area contributed by atoms with Gasteiger partial charge in [0.2, 0.25) is 0 Å². The molecule has 0 radical (unpaired) electrons. The first-order chi connectivity index (χ1) is 21.3. The Balaban J connectivity index is 0.000000241. The normalized spacial score (nSPS) is 18.5. The van der Waals surface area contributed by atoms with E-state index in [1.807, 2.05) is 30.9 Å². The van der Waals surface area contributed by atoms with Crippen LogP contribution in [0, 0.1) is 29.4 Å². The molecule has 2 aromatic carbocycles. The number of terminal acetylenes is 1. The van der Waals surface area contributed by atoms with Crippen LogP contribution in [0.5, 0.6) is 11.8 Å². The standard InChI is InChI=1S/C23H16F2N4O2.C10H20F2N2/c1-3-14-17(24)6-5-12-9-13(30)10-15(18(12)14)20-19(25)21-16(11-26-23(28-21)31-2)22(27-20)29-7-4-8-29;1-9(7-10(9,11)12)8-14(4)6-5-13(2)3/h1,5-6,9-11,30H,4,7-8H2,2H3;5-8H2,1-4H3. The molecule has 3 heterocycles. The number of phenolic OH excluding ortho intramolecular Hbond substituents is 1. The van der Waals surface area contributed by atoms with Crippen LogP contribution < -0.4 is 9.64 Å². The van der Waals surface area contributed by atoms with Crippen LogP contribution in [-0.2, 0) is 0 Å². The summed E-state index contributed by atoms with van der Waals surface area (Å²) >= 11 is 0. The molecule has 2 fully saturated rings. The Morgan fingerprint density at radius 3 is 2.40 bits per heavy atom. The average molecular weight is 625 g/mol. The zero-order chi connectivity index (χ0) is 32.7. The molecule has 1 N–H and O–H groups in total. The summed E-state index contributed by atoms with van der Waals surface area (Å²) in [4.78, 5) is 18.9. The quantitative estimate of drug-likeness (QED) is 0.202. The van der Waals surface area contributed by atoms with Gasteiger partial charge in [-0.05, 0) is 51.1 Å². The van der Waals surface area contributed by atoms with E-state index < -0.39 is 23.0 Å². The van der Waals surface area contributed by atoms with Crippen LogP contribution in [0.2, 0.25) is 0 Å². The maximum atomic E-state index is 15.8. The number of hydrogen-bond acceptors (Lipinski definition) is 8. The summed E-state index contributed by atoms with van der Waals surface area (Å²) in [5.74, 6) is -1.06. The van der Waals surface area contributed by atoms with Crippen molar-refractivity contribution in [1.82, 2.24) is 24.8 Å². The lowest BCUT2D eigenvalue weighted by Crippen LogP contribution is -2.38. The minimum Gasteiger partial charge on any atom is -0.508 e. The molecule has 2 aromatic heterocycles. The Bertz CT molecular complexity index is 1790. The van der Waals surface area contributed by atoms with Crippen molar-refractivity contribution in [2.24, 2.45) is 5.41 Å². The van der Waals surface area contributed by atoms with Gasteiger partial charge in [-0.2, -0.15) is 4.98 Å². The first kappa shape index (κ1) is 32.2. The third kappa shape index (κ3) is 6.32. The minimum atomic E-state index is -2.43. The van der Waals surface area contributed by atoms with Gasteiger partial charge in [-0.3, -0.25) is 0 Å². The second kappa shape index (κ2) is 12.3. The van der Waals surface area contributed by atoms with Gasteiger partial charge in [0.25, 0.3) is 5.92 Å². The molecule has 1 unspecified atom stereocenters. The van der Waals surface area contributed by atoms with E-state index in [0.717, 1.165) is 32.6 Å². The third-order valence-electron chi connectivity index (χ3n) is 8.35. The Kier molecular flexibility index (Phi) is 8.79. The lowest BCUT2D eigenvalue weighted by Gasteiger charge is -2.33. The lowest BCUT2D eigenvalue weighted by molar-refractivity contribution is 0.0562. The number of halogens is 4. The molecular weight excluding hydrogens is 588 g/mol. The smallest absolute Gasteiger partial charge is 0.316 e.